The Morgan fingerprint density at radius 2 is 1.80 bits per heavy atom. The van der Waals surface area contributed by atoms with Gasteiger partial charge in [0.15, 0.2) is 6.10 Å². The van der Waals surface area contributed by atoms with Gasteiger partial charge in [-0.2, -0.15) is 0 Å². The normalized spacial score (nSPS) is 11.8. The van der Waals surface area contributed by atoms with E-state index in [2.05, 4.69) is 4.98 Å². The van der Waals surface area contributed by atoms with Gasteiger partial charge in [-0.1, -0.05) is 17.7 Å². The summed E-state index contributed by atoms with van der Waals surface area (Å²) in [5.74, 6) is 1.50. The number of rotatable bonds is 5. The lowest BCUT2D eigenvalue weighted by Gasteiger charge is -2.11. The van der Waals surface area contributed by atoms with E-state index >= 15 is 0 Å². The Bertz CT molecular complexity index is 602. The lowest BCUT2D eigenvalue weighted by atomic mass is 10.3. The van der Waals surface area contributed by atoms with Gasteiger partial charge >= 0.3 is 0 Å². The molecule has 0 N–H and O–H groups in total. The summed E-state index contributed by atoms with van der Waals surface area (Å²) < 4.78 is 10.8. The summed E-state index contributed by atoms with van der Waals surface area (Å²) in [5.41, 5.74) is 0. The third-order valence-corrected chi connectivity index (χ3v) is 2.89. The molecule has 0 unspecified atom stereocenters. The van der Waals surface area contributed by atoms with Crippen LogP contribution in [0.3, 0.4) is 0 Å². The number of carbonyl (C=O) groups excluding carboxylic acids is 1. The van der Waals surface area contributed by atoms with E-state index in [9.17, 15) is 4.79 Å². The molecule has 0 aliphatic heterocycles. The Hall–Kier alpha value is -1.78. The van der Waals surface area contributed by atoms with E-state index in [1.165, 1.54) is 0 Å². The second-order valence-electron chi connectivity index (χ2n) is 3.94. The van der Waals surface area contributed by atoms with Crippen molar-refractivity contribution in [1.82, 2.24) is 4.98 Å². The molecule has 6 heteroatoms. The molecule has 0 spiro atoms. The summed E-state index contributed by atoms with van der Waals surface area (Å²) in [5, 5.41) is -0.189. The number of ether oxygens (including phenoxy) is 2. The maximum Gasteiger partial charge on any atom is 0.262 e. The molecular formula is C14H11Cl2NO3. The molecule has 1 aromatic heterocycles. The van der Waals surface area contributed by atoms with E-state index in [4.69, 9.17) is 32.7 Å². The summed E-state index contributed by atoms with van der Waals surface area (Å²) in [6, 6.07) is 11.9. The van der Waals surface area contributed by atoms with E-state index in [1.54, 1.807) is 49.4 Å². The molecular weight excluding hydrogens is 301 g/mol. The van der Waals surface area contributed by atoms with Crippen LogP contribution in [0.5, 0.6) is 17.4 Å². The highest BCUT2D eigenvalue weighted by Crippen LogP contribution is 2.24. The predicted molar refractivity (Wildman–Crippen MR) is 76.7 cm³/mol. The van der Waals surface area contributed by atoms with Crippen LogP contribution >= 0.6 is 23.2 Å². The molecule has 0 saturated carbocycles. The van der Waals surface area contributed by atoms with Crippen molar-refractivity contribution >= 4 is 28.4 Å². The Kier molecular flexibility index (Phi) is 4.82. The number of hydrogen-bond donors (Lipinski definition) is 0. The smallest absolute Gasteiger partial charge is 0.262 e. The fourth-order valence-electron chi connectivity index (χ4n) is 1.40. The van der Waals surface area contributed by atoms with Gasteiger partial charge in [0, 0.05) is 6.07 Å². The number of halogens is 2. The van der Waals surface area contributed by atoms with E-state index in [1.807, 2.05) is 0 Å². The molecule has 4 nitrogen and oxygen atoms in total. The van der Waals surface area contributed by atoms with Crippen LogP contribution in [-0.4, -0.2) is 16.3 Å². The molecule has 0 saturated heterocycles. The van der Waals surface area contributed by atoms with Crippen LogP contribution in [-0.2, 0) is 4.79 Å². The zero-order valence-corrected chi connectivity index (χ0v) is 12.1. The predicted octanol–water partition coefficient (Wildman–Crippen LogP) is 4.06. The van der Waals surface area contributed by atoms with Crippen molar-refractivity contribution in [2.45, 2.75) is 13.0 Å². The number of hydrogen-bond acceptors (Lipinski definition) is 4. The monoisotopic (exact) mass is 311 g/mol. The second kappa shape index (κ2) is 6.59. The number of nitrogens with zero attached hydrogens (tertiary/aromatic N) is 1. The Morgan fingerprint density at radius 3 is 2.40 bits per heavy atom. The molecule has 0 aliphatic rings. The summed E-state index contributed by atoms with van der Waals surface area (Å²) in [7, 11) is 0. The first-order valence-corrected chi connectivity index (χ1v) is 6.56. The van der Waals surface area contributed by atoms with Crippen LogP contribution in [0, 0.1) is 0 Å². The first-order valence-electron chi connectivity index (χ1n) is 5.81. The zero-order valence-electron chi connectivity index (χ0n) is 10.5. The third kappa shape index (κ3) is 4.11. The molecule has 0 bridgehead atoms. The molecule has 20 heavy (non-hydrogen) atoms. The van der Waals surface area contributed by atoms with Crippen LogP contribution in [0.4, 0.5) is 0 Å². The lowest BCUT2D eigenvalue weighted by Crippen LogP contribution is -2.18. The van der Waals surface area contributed by atoms with Gasteiger partial charge in [-0.3, -0.25) is 4.79 Å². The highest BCUT2D eigenvalue weighted by Gasteiger charge is 2.11. The number of pyridine rings is 1. The molecule has 0 aliphatic carbocycles. The van der Waals surface area contributed by atoms with Crippen molar-refractivity contribution in [1.29, 1.82) is 0 Å². The van der Waals surface area contributed by atoms with Crippen LogP contribution in [0.15, 0.2) is 42.5 Å². The van der Waals surface area contributed by atoms with E-state index in [-0.39, 0.29) is 0 Å². The number of carbonyl (C=O) groups is 1. The summed E-state index contributed by atoms with van der Waals surface area (Å²) in [4.78, 5) is 14.9. The largest absolute Gasteiger partial charge is 0.482 e. The van der Waals surface area contributed by atoms with Crippen LogP contribution in [0.1, 0.15) is 6.92 Å². The van der Waals surface area contributed by atoms with E-state index in [0.717, 1.165) is 0 Å². The lowest BCUT2D eigenvalue weighted by molar-refractivity contribution is -0.117. The highest BCUT2D eigenvalue weighted by atomic mass is 35.5. The summed E-state index contributed by atoms with van der Waals surface area (Å²) in [6.45, 7) is 1.58. The topological polar surface area (TPSA) is 48.4 Å². The minimum Gasteiger partial charge on any atom is -0.482 e. The molecule has 1 aromatic carbocycles. The highest BCUT2D eigenvalue weighted by molar-refractivity contribution is 6.64. The first-order chi connectivity index (χ1) is 9.54. The van der Waals surface area contributed by atoms with Gasteiger partial charge in [0.2, 0.25) is 5.88 Å². The van der Waals surface area contributed by atoms with Gasteiger partial charge in [0.1, 0.15) is 16.7 Å². The van der Waals surface area contributed by atoms with Gasteiger partial charge in [0.25, 0.3) is 5.24 Å². The van der Waals surface area contributed by atoms with Gasteiger partial charge in [0.05, 0.1) is 0 Å². The molecule has 0 amide bonds. The molecule has 1 heterocycles. The Balaban J connectivity index is 2.03. The van der Waals surface area contributed by atoms with Crippen molar-refractivity contribution in [2.75, 3.05) is 0 Å². The Labute approximate surface area is 126 Å². The number of benzene rings is 1. The van der Waals surface area contributed by atoms with Gasteiger partial charge < -0.3 is 9.47 Å². The third-order valence-electron chi connectivity index (χ3n) is 2.37. The minimum atomic E-state index is -0.696. The Morgan fingerprint density at radius 1 is 1.15 bits per heavy atom. The van der Waals surface area contributed by atoms with Gasteiger partial charge in [-0.25, -0.2) is 4.98 Å². The molecule has 0 radical (unpaired) electrons. The fraction of sp³-hybridized carbons (Fsp3) is 0.143. The quantitative estimate of drug-likeness (QED) is 0.617. The zero-order chi connectivity index (χ0) is 14.5. The fourth-order valence-corrected chi connectivity index (χ4v) is 1.60. The standard InChI is InChI=1S/C14H11Cl2NO3/c1-9(14(16)18)19-10-5-7-11(8-6-10)20-13-4-2-3-12(15)17-13/h2-9H,1H3/t9-/m1/s1. The van der Waals surface area contributed by atoms with Crippen LogP contribution in [0.2, 0.25) is 5.15 Å². The van der Waals surface area contributed by atoms with E-state index in [0.29, 0.717) is 22.5 Å². The first kappa shape index (κ1) is 14.6. The van der Waals surface area contributed by atoms with Crippen molar-refractivity contribution in [3.63, 3.8) is 0 Å². The van der Waals surface area contributed by atoms with Gasteiger partial charge in [-0.15, -0.1) is 0 Å². The summed E-state index contributed by atoms with van der Waals surface area (Å²) in [6.07, 6.45) is -0.696. The van der Waals surface area contributed by atoms with Gasteiger partial charge in [-0.05, 0) is 48.9 Å². The number of aromatic nitrogens is 1. The van der Waals surface area contributed by atoms with Crippen molar-refractivity contribution in [2.24, 2.45) is 0 Å². The van der Waals surface area contributed by atoms with Crippen LogP contribution < -0.4 is 9.47 Å². The SMILES string of the molecule is C[C@@H](Oc1ccc(Oc2cccc(Cl)n2)cc1)C(=O)Cl. The second-order valence-corrected chi connectivity index (χ2v) is 4.70. The van der Waals surface area contributed by atoms with Crippen LogP contribution in [0.25, 0.3) is 0 Å². The van der Waals surface area contributed by atoms with Crippen molar-refractivity contribution < 1.29 is 14.3 Å². The molecule has 1 atom stereocenters. The van der Waals surface area contributed by atoms with Crippen molar-refractivity contribution in [3.05, 3.63) is 47.6 Å². The molecule has 2 aromatic rings. The van der Waals surface area contributed by atoms with E-state index < -0.39 is 11.3 Å². The molecule has 2 rings (SSSR count). The summed E-state index contributed by atoms with van der Waals surface area (Å²) >= 11 is 11.1. The maximum absolute atomic E-state index is 10.9. The molecule has 0 fully saturated rings. The van der Waals surface area contributed by atoms with Crippen molar-refractivity contribution in [3.8, 4) is 17.4 Å². The average molecular weight is 312 g/mol. The molecule has 104 valence electrons. The maximum atomic E-state index is 10.9. The average Bonchev–Trinajstić information content (AvgIpc) is 2.41. The minimum absolute atomic E-state index is 0.358.